The van der Waals surface area contributed by atoms with Crippen LogP contribution in [0.1, 0.15) is 6.92 Å². The highest BCUT2D eigenvalue weighted by atomic mass is 32.2. The first-order valence-corrected chi connectivity index (χ1v) is 6.69. The zero-order chi connectivity index (χ0) is 12.5. The van der Waals surface area contributed by atoms with Crippen LogP contribution in [0.2, 0.25) is 0 Å². The third-order valence-electron chi connectivity index (χ3n) is 2.44. The Labute approximate surface area is 99.9 Å². The number of rotatable bonds is 3. The van der Waals surface area contributed by atoms with Gasteiger partial charge in [0, 0.05) is 0 Å². The molecule has 0 aromatic heterocycles. The average Bonchev–Trinajstić information content (AvgIpc) is 2.26. The van der Waals surface area contributed by atoms with E-state index in [1.165, 1.54) is 0 Å². The minimum absolute atomic E-state index is 0.278. The molecular formula is C10H14N2O4S. The Balaban J connectivity index is 2.07. The molecule has 94 valence electrons. The molecule has 0 amide bonds. The molecule has 1 unspecified atom stereocenters. The Bertz CT molecular complexity index is 503. The molecule has 0 radical (unpaired) electrons. The van der Waals surface area contributed by atoms with Gasteiger partial charge in [-0.1, -0.05) is 12.1 Å². The van der Waals surface area contributed by atoms with E-state index in [1.54, 1.807) is 19.1 Å². The first kappa shape index (κ1) is 12.2. The Kier molecular flexibility index (Phi) is 3.23. The fourth-order valence-electron chi connectivity index (χ4n) is 1.62. The molecule has 0 bridgehead atoms. The van der Waals surface area contributed by atoms with Crippen molar-refractivity contribution in [2.45, 2.75) is 19.1 Å². The molecule has 1 aromatic carbocycles. The Hall–Kier alpha value is -1.31. The minimum Gasteiger partial charge on any atom is -0.486 e. The zero-order valence-corrected chi connectivity index (χ0v) is 10.1. The highest BCUT2D eigenvalue weighted by Crippen LogP contribution is 2.31. The first-order chi connectivity index (χ1) is 7.96. The molecular weight excluding hydrogens is 244 g/mol. The molecule has 0 saturated carbocycles. The second-order valence-electron chi connectivity index (χ2n) is 3.87. The maximum Gasteiger partial charge on any atom is 0.274 e. The Morgan fingerprint density at radius 2 is 2.06 bits per heavy atom. The summed E-state index contributed by atoms with van der Waals surface area (Å²) in [4.78, 5) is 0. The summed E-state index contributed by atoms with van der Waals surface area (Å²) in [5.74, 6) is 1.26. The van der Waals surface area contributed by atoms with Crippen LogP contribution >= 0.6 is 0 Å². The van der Waals surface area contributed by atoms with Crippen molar-refractivity contribution in [3.63, 3.8) is 0 Å². The fourth-order valence-corrected chi connectivity index (χ4v) is 2.29. The van der Waals surface area contributed by atoms with Crippen molar-refractivity contribution >= 4 is 10.2 Å². The monoisotopic (exact) mass is 258 g/mol. The molecule has 6 nitrogen and oxygen atoms in total. The van der Waals surface area contributed by atoms with Gasteiger partial charge in [-0.3, -0.25) is 0 Å². The molecule has 1 aliphatic heterocycles. The van der Waals surface area contributed by atoms with Crippen molar-refractivity contribution < 1.29 is 17.9 Å². The number of nitrogens with one attached hydrogen (secondary N) is 1. The van der Waals surface area contributed by atoms with Gasteiger partial charge in [-0.15, -0.1) is 0 Å². The summed E-state index contributed by atoms with van der Waals surface area (Å²) in [6.07, 6.45) is -0.400. The molecule has 0 spiro atoms. The summed E-state index contributed by atoms with van der Waals surface area (Å²) < 4.78 is 35.2. The number of hydrogen-bond donors (Lipinski definition) is 2. The maximum absolute atomic E-state index is 10.9. The van der Waals surface area contributed by atoms with Crippen LogP contribution in [0.15, 0.2) is 24.3 Å². The van der Waals surface area contributed by atoms with Crippen molar-refractivity contribution in [1.29, 1.82) is 0 Å². The number of fused-ring (bicyclic) bond motifs is 1. The number of ether oxygens (including phenoxy) is 2. The standard InChI is InChI=1S/C10H14N2O4S/c1-7(12-17(11,13)14)10-6-15-8-4-2-3-5-9(8)16-10/h2-5,7,10,12H,6H2,1H3,(H2,11,13,14)/t7?,10-/m1/s1. The van der Waals surface area contributed by atoms with Crippen LogP contribution in [-0.4, -0.2) is 27.2 Å². The van der Waals surface area contributed by atoms with Gasteiger partial charge < -0.3 is 9.47 Å². The van der Waals surface area contributed by atoms with Crippen molar-refractivity contribution in [1.82, 2.24) is 4.72 Å². The maximum atomic E-state index is 10.9. The SMILES string of the molecule is CC(NS(N)(=O)=O)[C@H]1COc2ccccc2O1. The molecule has 17 heavy (non-hydrogen) atoms. The van der Waals surface area contributed by atoms with Gasteiger partial charge in [-0.25, -0.2) is 5.14 Å². The lowest BCUT2D eigenvalue weighted by molar-refractivity contribution is 0.0725. The van der Waals surface area contributed by atoms with Crippen LogP contribution in [0.4, 0.5) is 0 Å². The van der Waals surface area contributed by atoms with Crippen molar-refractivity contribution in [3.8, 4) is 11.5 Å². The van der Waals surface area contributed by atoms with Crippen LogP contribution in [0, 0.1) is 0 Å². The van der Waals surface area contributed by atoms with E-state index in [-0.39, 0.29) is 6.61 Å². The van der Waals surface area contributed by atoms with Gasteiger partial charge in [0.15, 0.2) is 11.5 Å². The molecule has 1 aromatic rings. The van der Waals surface area contributed by atoms with E-state index in [2.05, 4.69) is 4.72 Å². The molecule has 1 aliphatic rings. The van der Waals surface area contributed by atoms with Crippen molar-refractivity contribution in [2.24, 2.45) is 5.14 Å². The van der Waals surface area contributed by atoms with Gasteiger partial charge in [0.1, 0.15) is 12.7 Å². The lowest BCUT2D eigenvalue weighted by atomic mass is 10.2. The van der Waals surface area contributed by atoms with Crippen LogP contribution in [0.25, 0.3) is 0 Å². The zero-order valence-electron chi connectivity index (χ0n) is 9.29. The van der Waals surface area contributed by atoms with E-state index in [9.17, 15) is 8.42 Å². The van der Waals surface area contributed by atoms with E-state index >= 15 is 0 Å². The number of nitrogens with two attached hydrogens (primary N) is 1. The van der Waals surface area contributed by atoms with Crippen molar-refractivity contribution in [2.75, 3.05) is 6.61 Å². The molecule has 2 atom stereocenters. The molecule has 7 heteroatoms. The topological polar surface area (TPSA) is 90.7 Å². The smallest absolute Gasteiger partial charge is 0.274 e. The lowest BCUT2D eigenvalue weighted by Gasteiger charge is -2.30. The minimum atomic E-state index is -3.74. The summed E-state index contributed by atoms with van der Waals surface area (Å²) in [6, 6.07) is 6.77. The van der Waals surface area contributed by atoms with Gasteiger partial charge in [-0.2, -0.15) is 13.1 Å². The lowest BCUT2D eigenvalue weighted by Crippen LogP contribution is -2.49. The fraction of sp³-hybridized carbons (Fsp3) is 0.400. The Morgan fingerprint density at radius 1 is 1.41 bits per heavy atom. The van der Waals surface area contributed by atoms with Crippen LogP contribution in [0.3, 0.4) is 0 Å². The summed E-state index contributed by atoms with van der Waals surface area (Å²) in [5.41, 5.74) is 0. The molecule has 3 N–H and O–H groups in total. The number of benzene rings is 1. The number of para-hydroxylation sites is 2. The highest BCUT2D eigenvalue weighted by Gasteiger charge is 2.27. The molecule has 0 aliphatic carbocycles. The van der Waals surface area contributed by atoms with Gasteiger partial charge in [-0.05, 0) is 19.1 Å². The van der Waals surface area contributed by atoms with E-state index in [0.717, 1.165) is 0 Å². The normalized spacial score (nSPS) is 20.9. The Morgan fingerprint density at radius 3 is 2.71 bits per heavy atom. The first-order valence-electron chi connectivity index (χ1n) is 5.14. The predicted molar refractivity (Wildman–Crippen MR) is 62.1 cm³/mol. The van der Waals surface area contributed by atoms with Gasteiger partial charge in [0.05, 0.1) is 6.04 Å². The van der Waals surface area contributed by atoms with E-state index in [0.29, 0.717) is 11.5 Å². The number of hydrogen-bond acceptors (Lipinski definition) is 4. The van der Waals surface area contributed by atoms with Gasteiger partial charge >= 0.3 is 0 Å². The average molecular weight is 258 g/mol. The third-order valence-corrected chi connectivity index (χ3v) is 3.14. The predicted octanol–water partition coefficient (Wildman–Crippen LogP) is 0.00800. The summed E-state index contributed by atoms with van der Waals surface area (Å²) in [5, 5.41) is 4.90. The second kappa shape index (κ2) is 4.52. The quantitative estimate of drug-likeness (QED) is 0.799. The molecule has 2 rings (SSSR count). The van der Waals surface area contributed by atoms with Gasteiger partial charge in [0.25, 0.3) is 10.2 Å². The van der Waals surface area contributed by atoms with Crippen molar-refractivity contribution in [3.05, 3.63) is 24.3 Å². The molecule has 1 heterocycles. The van der Waals surface area contributed by atoms with Crippen LogP contribution in [-0.2, 0) is 10.2 Å². The highest BCUT2D eigenvalue weighted by molar-refractivity contribution is 7.87. The summed E-state index contributed by atoms with van der Waals surface area (Å²) in [7, 11) is -3.74. The van der Waals surface area contributed by atoms with E-state index in [4.69, 9.17) is 14.6 Å². The third kappa shape index (κ3) is 3.09. The molecule has 0 fully saturated rings. The molecule has 0 saturated heterocycles. The van der Waals surface area contributed by atoms with Crippen LogP contribution < -0.4 is 19.3 Å². The summed E-state index contributed by atoms with van der Waals surface area (Å²) in [6.45, 7) is 1.95. The van der Waals surface area contributed by atoms with Crippen LogP contribution in [0.5, 0.6) is 11.5 Å². The summed E-state index contributed by atoms with van der Waals surface area (Å²) >= 11 is 0. The second-order valence-corrected chi connectivity index (χ2v) is 5.19. The largest absolute Gasteiger partial charge is 0.486 e. The van der Waals surface area contributed by atoms with E-state index in [1.807, 2.05) is 12.1 Å². The van der Waals surface area contributed by atoms with E-state index < -0.39 is 22.4 Å². The van der Waals surface area contributed by atoms with Gasteiger partial charge in [0.2, 0.25) is 0 Å².